The molecule has 2 heterocycles. The number of benzene rings is 1. The van der Waals surface area contributed by atoms with Gasteiger partial charge in [-0.3, -0.25) is 0 Å². The Kier molecular flexibility index (Phi) is 2.45. The maximum Gasteiger partial charge on any atom is 0.252 e. The molecule has 5 nitrogen and oxygen atoms in total. The van der Waals surface area contributed by atoms with Gasteiger partial charge in [0.2, 0.25) is 0 Å². The van der Waals surface area contributed by atoms with Crippen LogP contribution in [0.3, 0.4) is 0 Å². The highest BCUT2D eigenvalue weighted by atomic mass is 16.5. The van der Waals surface area contributed by atoms with Crippen molar-refractivity contribution in [2.24, 2.45) is 0 Å². The van der Waals surface area contributed by atoms with Crippen molar-refractivity contribution in [3.63, 3.8) is 0 Å². The van der Waals surface area contributed by atoms with Crippen LogP contribution in [0.25, 0.3) is 17.2 Å². The van der Waals surface area contributed by atoms with E-state index in [0.717, 1.165) is 24.2 Å². The first-order chi connectivity index (χ1) is 9.85. The van der Waals surface area contributed by atoms with Crippen LogP contribution in [-0.4, -0.2) is 26.7 Å². The summed E-state index contributed by atoms with van der Waals surface area (Å²) in [5, 5.41) is 4.61. The van der Waals surface area contributed by atoms with E-state index in [1.807, 2.05) is 35.0 Å². The summed E-state index contributed by atoms with van der Waals surface area (Å²) in [4.78, 5) is 8.91. The molecule has 20 heavy (non-hydrogen) atoms. The van der Waals surface area contributed by atoms with Gasteiger partial charge < -0.3 is 4.74 Å². The van der Waals surface area contributed by atoms with E-state index in [4.69, 9.17) is 4.74 Å². The Morgan fingerprint density at radius 2 is 2.00 bits per heavy atom. The van der Waals surface area contributed by atoms with E-state index >= 15 is 0 Å². The number of fused-ring (bicyclic) bond motifs is 3. The smallest absolute Gasteiger partial charge is 0.252 e. The molecule has 0 bridgehead atoms. The van der Waals surface area contributed by atoms with Crippen molar-refractivity contribution in [1.82, 2.24) is 19.6 Å². The molecule has 4 rings (SSSR count). The summed E-state index contributed by atoms with van der Waals surface area (Å²) in [6.07, 6.45) is 5.26. The van der Waals surface area contributed by atoms with Gasteiger partial charge in [-0.1, -0.05) is 0 Å². The van der Waals surface area contributed by atoms with Crippen molar-refractivity contribution in [3.8, 4) is 17.1 Å². The third-order valence-corrected chi connectivity index (χ3v) is 3.76. The molecule has 0 atom stereocenters. The number of rotatable bonds is 2. The second-order valence-electron chi connectivity index (χ2n) is 4.96. The van der Waals surface area contributed by atoms with Gasteiger partial charge in [0.1, 0.15) is 5.75 Å². The van der Waals surface area contributed by atoms with E-state index in [1.165, 1.54) is 17.7 Å². The molecular weight excluding hydrogens is 252 g/mol. The molecule has 2 aromatic heterocycles. The summed E-state index contributed by atoms with van der Waals surface area (Å²) in [5.41, 5.74) is 3.52. The Bertz CT molecular complexity index is 776. The van der Waals surface area contributed by atoms with Gasteiger partial charge in [-0.05, 0) is 49.1 Å². The van der Waals surface area contributed by atoms with E-state index < -0.39 is 0 Å². The highest BCUT2D eigenvalue weighted by molar-refractivity contribution is 5.58. The van der Waals surface area contributed by atoms with Gasteiger partial charge in [-0.15, -0.1) is 5.10 Å². The number of ether oxygens (including phenoxy) is 1. The van der Waals surface area contributed by atoms with Crippen molar-refractivity contribution >= 4 is 5.78 Å². The summed E-state index contributed by atoms with van der Waals surface area (Å²) < 4.78 is 7.06. The lowest BCUT2D eigenvalue weighted by Crippen LogP contribution is -1.99. The number of aromatic nitrogens is 4. The SMILES string of the molecule is COc1ccc(-c2nc3ncc4c(n3n2)CCC4)cc1. The minimum Gasteiger partial charge on any atom is -0.497 e. The lowest BCUT2D eigenvalue weighted by atomic mass is 10.2. The van der Waals surface area contributed by atoms with Gasteiger partial charge in [0, 0.05) is 11.8 Å². The van der Waals surface area contributed by atoms with E-state index in [0.29, 0.717) is 11.6 Å². The van der Waals surface area contributed by atoms with Crippen LogP contribution in [0.15, 0.2) is 30.5 Å². The van der Waals surface area contributed by atoms with Gasteiger partial charge in [-0.2, -0.15) is 4.98 Å². The van der Waals surface area contributed by atoms with Crippen molar-refractivity contribution in [2.45, 2.75) is 19.3 Å². The Balaban J connectivity index is 1.84. The van der Waals surface area contributed by atoms with E-state index in [9.17, 15) is 0 Å². The van der Waals surface area contributed by atoms with Crippen LogP contribution in [0, 0.1) is 0 Å². The Labute approximate surface area is 116 Å². The molecule has 100 valence electrons. The van der Waals surface area contributed by atoms with Crippen LogP contribution < -0.4 is 4.74 Å². The Hall–Kier alpha value is -2.43. The first-order valence-corrected chi connectivity index (χ1v) is 6.73. The van der Waals surface area contributed by atoms with E-state index in [-0.39, 0.29) is 0 Å². The normalized spacial score (nSPS) is 13.7. The summed E-state index contributed by atoms with van der Waals surface area (Å²) in [6, 6.07) is 7.76. The quantitative estimate of drug-likeness (QED) is 0.714. The Morgan fingerprint density at radius 3 is 2.80 bits per heavy atom. The molecule has 0 fully saturated rings. The molecule has 0 spiro atoms. The largest absolute Gasteiger partial charge is 0.497 e. The zero-order valence-electron chi connectivity index (χ0n) is 11.2. The summed E-state index contributed by atoms with van der Waals surface area (Å²) in [5.74, 6) is 2.22. The Morgan fingerprint density at radius 1 is 1.15 bits per heavy atom. The second kappa shape index (κ2) is 4.30. The predicted octanol–water partition coefficient (Wildman–Crippen LogP) is 2.29. The van der Waals surface area contributed by atoms with Crippen LogP contribution in [0.4, 0.5) is 0 Å². The van der Waals surface area contributed by atoms with Crippen LogP contribution >= 0.6 is 0 Å². The van der Waals surface area contributed by atoms with Crippen molar-refractivity contribution in [3.05, 3.63) is 41.7 Å². The maximum absolute atomic E-state index is 5.17. The van der Waals surface area contributed by atoms with Gasteiger partial charge >= 0.3 is 0 Å². The topological polar surface area (TPSA) is 52.3 Å². The third-order valence-electron chi connectivity index (χ3n) is 3.76. The van der Waals surface area contributed by atoms with Gasteiger partial charge in [0.15, 0.2) is 5.82 Å². The van der Waals surface area contributed by atoms with Crippen LogP contribution in [-0.2, 0) is 12.8 Å². The van der Waals surface area contributed by atoms with Crippen molar-refractivity contribution < 1.29 is 4.74 Å². The molecule has 0 saturated heterocycles. The standard InChI is InChI=1S/C15H14N4O/c1-20-12-7-5-10(6-8-12)14-17-15-16-9-11-3-2-4-13(11)19(15)18-14/h5-9H,2-4H2,1H3. The molecule has 0 unspecified atom stereocenters. The molecule has 0 amide bonds. The van der Waals surface area contributed by atoms with Gasteiger partial charge in [0.25, 0.3) is 5.78 Å². The predicted molar refractivity (Wildman–Crippen MR) is 74.8 cm³/mol. The number of aryl methyl sites for hydroxylation is 2. The minimum absolute atomic E-state index is 0.677. The number of hydrogen-bond acceptors (Lipinski definition) is 4. The maximum atomic E-state index is 5.17. The highest BCUT2D eigenvalue weighted by Crippen LogP contribution is 2.24. The first-order valence-electron chi connectivity index (χ1n) is 6.73. The highest BCUT2D eigenvalue weighted by Gasteiger charge is 2.17. The average molecular weight is 266 g/mol. The zero-order chi connectivity index (χ0) is 13.5. The molecule has 5 heteroatoms. The summed E-state index contributed by atoms with van der Waals surface area (Å²) in [7, 11) is 1.66. The third kappa shape index (κ3) is 1.66. The van der Waals surface area contributed by atoms with Gasteiger partial charge in [0.05, 0.1) is 12.8 Å². The number of nitrogens with zero attached hydrogens (tertiary/aromatic N) is 4. The molecule has 1 aliphatic rings. The average Bonchev–Trinajstić information content (AvgIpc) is 3.12. The molecule has 0 N–H and O–H groups in total. The fourth-order valence-corrected chi connectivity index (χ4v) is 2.70. The molecule has 0 aliphatic heterocycles. The van der Waals surface area contributed by atoms with Crippen molar-refractivity contribution in [2.75, 3.05) is 7.11 Å². The lowest BCUT2D eigenvalue weighted by molar-refractivity contribution is 0.415. The molecular formula is C15H14N4O. The fraction of sp³-hybridized carbons (Fsp3) is 0.267. The van der Waals surface area contributed by atoms with E-state index in [1.54, 1.807) is 7.11 Å². The molecule has 0 saturated carbocycles. The molecule has 1 aromatic carbocycles. The zero-order valence-corrected chi connectivity index (χ0v) is 11.2. The fourth-order valence-electron chi connectivity index (χ4n) is 2.70. The van der Waals surface area contributed by atoms with Crippen molar-refractivity contribution in [1.29, 1.82) is 0 Å². The molecule has 3 aromatic rings. The van der Waals surface area contributed by atoms with Crippen LogP contribution in [0.1, 0.15) is 17.7 Å². The number of hydrogen-bond donors (Lipinski definition) is 0. The second-order valence-corrected chi connectivity index (χ2v) is 4.96. The summed E-state index contributed by atoms with van der Waals surface area (Å²) in [6.45, 7) is 0. The monoisotopic (exact) mass is 266 g/mol. The first kappa shape index (κ1) is 11.4. The van der Waals surface area contributed by atoms with Crippen LogP contribution in [0.2, 0.25) is 0 Å². The lowest BCUT2D eigenvalue weighted by Gasteiger charge is -2.00. The van der Waals surface area contributed by atoms with Crippen LogP contribution in [0.5, 0.6) is 5.75 Å². The summed E-state index contributed by atoms with van der Waals surface area (Å²) >= 11 is 0. The van der Waals surface area contributed by atoms with E-state index in [2.05, 4.69) is 15.1 Å². The number of methoxy groups -OCH3 is 1. The molecule has 0 radical (unpaired) electrons. The molecule has 1 aliphatic carbocycles. The van der Waals surface area contributed by atoms with Gasteiger partial charge in [-0.25, -0.2) is 9.50 Å². The minimum atomic E-state index is 0.677.